The number of carbonyl (C=O) groups excluding carboxylic acids is 2. The summed E-state index contributed by atoms with van der Waals surface area (Å²) in [7, 11) is 0. The lowest BCUT2D eigenvalue weighted by Crippen LogP contribution is -2.46. The molecular weight excluding hydrogens is 402 g/mol. The molecule has 0 aliphatic carbocycles. The summed E-state index contributed by atoms with van der Waals surface area (Å²) in [5.41, 5.74) is 5.46. The van der Waals surface area contributed by atoms with Crippen LogP contribution in [0.3, 0.4) is 0 Å². The average molecular weight is 430 g/mol. The van der Waals surface area contributed by atoms with E-state index >= 15 is 0 Å². The van der Waals surface area contributed by atoms with E-state index in [0.717, 1.165) is 12.8 Å². The third-order valence-corrected chi connectivity index (χ3v) is 4.64. The van der Waals surface area contributed by atoms with Gasteiger partial charge in [0.15, 0.2) is 11.4 Å². The van der Waals surface area contributed by atoms with E-state index in [9.17, 15) is 9.59 Å². The largest absolute Gasteiger partial charge is 0.478 e. The Morgan fingerprint density at radius 3 is 2.00 bits per heavy atom. The van der Waals surface area contributed by atoms with Gasteiger partial charge in [0.2, 0.25) is 0 Å². The third-order valence-electron chi connectivity index (χ3n) is 4.38. The number of rotatable bonds is 11. The van der Waals surface area contributed by atoms with E-state index in [4.69, 9.17) is 22.1 Å². The number of benzene rings is 2. The maximum Gasteiger partial charge on any atom is 0.263 e. The van der Waals surface area contributed by atoms with Crippen molar-refractivity contribution in [2.24, 2.45) is 5.73 Å². The summed E-state index contributed by atoms with van der Waals surface area (Å²) in [6, 6.07) is 13.5. The Hall–Kier alpha value is -2.99. The number of nitrogens with two attached hydrogens (primary N) is 1. The number of ketones is 1. The van der Waals surface area contributed by atoms with E-state index in [1.807, 2.05) is 0 Å². The fourth-order valence-electron chi connectivity index (χ4n) is 2.70. The molecule has 2 aromatic rings. The molecule has 0 aromatic heterocycles. The molecule has 0 spiro atoms. The Balaban J connectivity index is 1.87. The van der Waals surface area contributed by atoms with Gasteiger partial charge >= 0.3 is 0 Å². The second kappa shape index (κ2) is 10.7. The van der Waals surface area contributed by atoms with Crippen LogP contribution in [0.2, 0.25) is 5.02 Å². The zero-order valence-corrected chi connectivity index (χ0v) is 18.1. The number of nitrogens with one attached hydrogen (secondary N) is 2. The lowest BCUT2D eigenvalue weighted by atomic mass is 10.0. The number of unbranched alkanes of at least 4 members (excludes halogenated alkanes) is 1. The summed E-state index contributed by atoms with van der Waals surface area (Å²) >= 11 is 5.86. The lowest BCUT2D eigenvalue weighted by molar-refractivity contribution is -0.134. The molecule has 0 fully saturated rings. The van der Waals surface area contributed by atoms with Crippen LogP contribution in [-0.4, -0.2) is 30.4 Å². The summed E-state index contributed by atoms with van der Waals surface area (Å²) in [5.74, 6) is 0.630. The van der Waals surface area contributed by atoms with Crippen LogP contribution in [0.4, 0.5) is 0 Å². The van der Waals surface area contributed by atoms with Crippen molar-refractivity contribution in [3.8, 4) is 5.75 Å². The van der Waals surface area contributed by atoms with Crippen molar-refractivity contribution < 1.29 is 14.3 Å². The lowest BCUT2D eigenvalue weighted by Gasteiger charge is -2.25. The van der Waals surface area contributed by atoms with Gasteiger partial charge in [-0.15, -0.1) is 0 Å². The highest BCUT2D eigenvalue weighted by atomic mass is 35.5. The summed E-state index contributed by atoms with van der Waals surface area (Å²) < 4.78 is 5.85. The first-order chi connectivity index (χ1) is 14.2. The average Bonchev–Trinajstić information content (AvgIpc) is 2.70. The van der Waals surface area contributed by atoms with Crippen LogP contribution in [0.25, 0.3) is 0 Å². The Morgan fingerprint density at radius 2 is 1.47 bits per heavy atom. The van der Waals surface area contributed by atoms with Gasteiger partial charge in [-0.3, -0.25) is 9.59 Å². The first-order valence-electron chi connectivity index (χ1n) is 9.75. The first kappa shape index (κ1) is 23.3. The van der Waals surface area contributed by atoms with Gasteiger partial charge in [-0.2, -0.15) is 0 Å². The minimum atomic E-state index is -1.05. The minimum Gasteiger partial charge on any atom is -0.478 e. The fourth-order valence-corrected chi connectivity index (χ4v) is 2.82. The molecule has 1 amide bonds. The molecule has 0 saturated heterocycles. The van der Waals surface area contributed by atoms with Crippen LogP contribution in [-0.2, 0) is 4.79 Å². The van der Waals surface area contributed by atoms with Gasteiger partial charge < -0.3 is 21.1 Å². The number of hydrogen-bond donors (Lipinski definition) is 3. The SMILES string of the molecule is C=C(N)NCCCCNC(=O)C(C)(C)Oc1ccc(C(=O)c2ccc(Cl)cc2)cc1. The first-order valence-corrected chi connectivity index (χ1v) is 10.1. The van der Waals surface area contributed by atoms with Crippen LogP contribution in [0.5, 0.6) is 5.75 Å². The smallest absolute Gasteiger partial charge is 0.263 e. The van der Waals surface area contributed by atoms with Crippen LogP contribution < -0.4 is 21.1 Å². The quantitative estimate of drug-likeness (QED) is 0.374. The van der Waals surface area contributed by atoms with E-state index in [1.54, 1.807) is 62.4 Å². The highest BCUT2D eigenvalue weighted by Crippen LogP contribution is 2.21. The van der Waals surface area contributed by atoms with Crippen LogP contribution in [0, 0.1) is 0 Å². The third kappa shape index (κ3) is 7.12. The number of halogens is 1. The summed E-state index contributed by atoms with van der Waals surface area (Å²) in [5, 5.41) is 6.39. The molecule has 0 saturated carbocycles. The van der Waals surface area contributed by atoms with Crippen LogP contribution in [0.15, 0.2) is 60.9 Å². The Kier molecular flexibility index (Phi) is 8.30. The molecule has 6 nitrogen and oxygen atoms in total. The van der Waals surface area contributed by atoms with E-state index in [1.165, 1.54) is 0 Å². The van der Waals surface area contributed by atoms with Crippen molar-refractivity contribution in [1.82, 2.24) is 10.6 Å². The molecule has 0 aliphatic heterocycles. The summed E-state index contributed by atoms with van der Waals surface area (Å²) in [6.45, 7) is 8.23. The second-order valence-electron chi connectivity index (χ2n) is 7.39. The molecule has 4 N–H and O–H groups in total. The second-order valence-corrected chi connectivity index (χ2v) is 7.82. The highest BCUT2D eigenvalue weighted by Gasteiger charge is 2.29. The normalized spacial score (nSPS) is 10.9. The molecule has 2 aromatic carbocycles. The molecule has 0 atom stereocenters. The Labute approximate surface area is 182 Å². The van der Waals surface area contributed by atoms with Gasteiger partial charge in [0.05, 0.1) is 5.82 Å². The van der Waals surface area contributed by atoms with Gasteiger partial charge in [0.25, 0.3) is 5.91 Å². The zero-order valence-electron chi connectivity index (χ0n) is 17.3. The van der Waals surface area contributed by atoms with E-state index in [-0.39, 0.29) is 11.7 Å². The number of ether oxygens (including phenoxy) is 1. The number of amides is 1. The maximum atomic E-state index is 12.5. The Morgan fingerprint density at radius 1 is 0.967 bits per heavy atom. The van der Waals surface area contributed by atoms with E-state index in [0.29, 0.717) is 40.8 Å². The molecular formula is C23H28ClN3O3. The topological polar surface area (TPSA) is 93.5 Å². The van der Waals surface area contributed by atoms with Crippen LogP contribution in [0.1, 0.15) is 42.6 Å². The van der Waals surface area contributed by atoms with Crippen molar-refractivity contribution in [2.45, 2.75) is 32.3 Å². The molecule has 2 rings (SSSR count). The molecule has 0 radical (unpaired) electrons. The van der Waals surface area contributed by atoms with Crippen molar-refractivity contribution in [3.05, 3.63) is 77.1 Å². The molecule has 0 heterocycles. The molecule has 0 unspecified atom stereocenters. The van der Waals surface area contributed by atoms with Gasteiger partial charge in [-0.25, -0.2) is 0 Å². The van der Waals surface area contributed by atoms with Gasteiger partial charge in [-0.05, 0) is 75.2 Å². The molecule has 0 aliphatic rings. The molecule has 160 valence electrons. The monoisotopic (exact) mass is 429 g/mol. The zero-order chi connectivity index (χ0) is 22.1. The predicted molar refractivity (Wildman–Crippen MR) is 120 cm³/mol. The molecule has 30 heavy (non-hydrogen) atoms. The van der Waals surface area contributed by atoms with Gasteiger partial charge in [0, 0.05) is 29.2 Å². The molecule has 0 bridgehead atoms. The van der Waals surface area contributed by atoms with E-state index < -0.39 is 5.60 Å². The summed E-state index contributed by atoms with van der Waals surface area (Å²) in [6.07, 6.45) is 1.67. The maximum absolute atomic E-state index is 12.5. The van der Waals surface area contributed by atoms with Gasteiger partial charge in [-0.1, -0.05) is 18.2 Å². The number of carbonyl (C=O) groups is 2. The van der Waals surface area contributed by atoms with Crippen LogP contribution >= 0.6 is 11.6 Å². The van der Waals surface area contributed by atoms with Crippen molar-refractivity contribution in [2.75, 3.05) is 13.1 Å². The van der Waals surface area contributed by atoms with Crippen molar-refractivity contribution in [3.63, 3.8) is 0 Å². The number of hydrogen-bond acceptors (Lipinski definition) is 5. The Bertz CT molecular complexity index is 878. The van der Waals surface area contributed by atoms with E-state index in [2.05, 4.69) is 17.2 Å². The fraction of sp³-hybridized carbons (Fsp3) is 0.304. The predicted octanol–water partition coefficient (Wildman–Crippen LogP) is 3.64. The van der Waals surface area contributed by atoms with Gasteiger partial charge in [0.1, 0.15) is 5.75 Å². The highest BCUT2D eigenvalue weighted by molar-refractivity contribution is 6.30. The summed E-state index contributed by atoms with van der Waals surface area (Å²) in [4.78, 5) is 25.0. The minimum absolute atomic E-state index is 0.108. The standard InChI is InChI=1S/C23H28ClN3O3/c1-16(25)26-14-4-5-15-27-22(29)23(2,3)30-20-12-8-18(9-13-20)21(28)17-6-10-19(24)11-7-17/h6-13,26H,1,4-5,14-15,25H2,2-3H3,(H,27,29). The van der Waals surface area contributed by atoms with Crippen molar-refractivity contribution >= 4 is 23.3 Å². The molecule has 7 heteroatoms. The van der Waals surface area contributed by atoms with Crippen molar-refractivity contribution in [1.29, 1.82) is 0 Å².